The molecule has 0 aliphatic carbocycles. The monoisotopic (exact) mass is 283 g/mol. The quantitative estimate of drug-likeness (QED) is 0.623. The highest BCUT2D eigenvalue weighted by Gasteiger charge is 2.20. The minimum atomic E-state index is -0.108. The van der Waals surface area contributed by atoms with E-state index in [1.54, 1.807) is 4.90 Å². The lowest BCUT2D eigenvalue weighted by Crippen LogP contribution is -2.41. The number of piperidine rings is 1. The van der Waals surface area contributed by atoms with Crippen LogP contribution in [0.25, 0.3) is 10.8 Å². The van der Waals surface area contributed by atoms with Crippen LogP contribution in [-0.2, 0) is 0 Å². The summed E-state index contributed by atoms with van der Waals surface area (Å²) < 4.78 is 0. The fourth-order valence-corrected chi connectivity index (χ4v) is 2.60. The maximum Gasteiger partial charge on any atom is 0.321 e. The van der Waals surface area contributed by atoms with Crippen molar-refractivity contribution in [2.45, 2.75) is 12.8 Å². The Morgan fingerprint density at radius 1 is 1.10 bits per heavy atom. The number of nitrogens with zero attached hydrogens (tertiary/aromatic N) is 2. The molecule has 0 atom stereocenters. The predicted molar refractivity (Wildman–Crippen MR) is 83.0 cm³/mol. The van der Waals surface area contributed by atoms with Crippen LogP contribution in [0.5, 0.6) is 0 Å². The van der Waals surface area contributed by atoms with Gasteiger partial charge in [-0.15, -0.1) is 0 Å². The largest absolute Gasteiger partial charge is 0.411 e. The molecule has 1 saturated heterocycles. The molecule has 0 spiro atoms. The minimum Gasteiger partial charge on any atom is -0.411 e. The molecule has 2 amide bonds. The van der Waals surface area contributed by atoms with Gasteiger partial charge in [0.1, 0.15) is 0 Å². The lowest BCUT2D eigenvalue weighted by atomic mass is 10.1. The highest BCUT2D eigenvalue weighted by molar-refractivity contribution is 6.02. The molecule has 1 aliphatic heterocycles. The summed E-state index contributed by atoms with van der Waals surface area (Å²) in [4.78, 5) is 14.1. The fraction of sp³-hybridized carbons (Fsp3) is 0.250. The smallest absolute Gasteiger partial charge is 0.321 e. The SMILES string of the molecule is O=C(Nc1cccc2ccccc12)N1CCC(=NO)CC1. The number of urea groups is 1. The molecule has 0 unspecified atom stereocenters. The van der Waals surface area contributed by atoms with Crippen molar-refractivity contribution in [2.24, 2.45) is 5.16 Å². The number of fused-ring (bicyclic) bond motifs is 1. The fourth-order valence-electron chi connectivity index (χ4n) is 2.60. The van der Waals surface area contributed by atoms with Gasteiger partial charge in [-0.25, -0.2) is 4.79 Å². The number of carbonyl (C=O) groups is 1. The third-order valence-corrected chi connectivity index (χ3v) is 3.80. The third kappa shape index (κ3) is 2.81. The van der Waals surface area contributed by atoms with E-state index in [1.165, 1.54) is 0 Å². The zero-order valence-corrected chi connectivity index (χ0v) is 11.6. The van der Waals surface area contributed by atoms with Crippen LogP contribution in [0.2, 0.25) is 0 Å². The van der Waals surface area contributed by atoms with E-state index in [-0.39, 0.29) is 6.03 Å². The van der Waals surface area contributed by atoms with Crippen molar-refractivity contribution < 1.29 is 10.0 Å². The first-order chi connectivity index (χ1) is 10.3. The molecule has 0 saturated carbocycles. The summed E-state index contributed by atoms with van der Waals surface area (Å²) in [5, 5.41) is 17.1. The van der Waals surface area contributed by atoms with Crippen molar-refractivity contribution in [3.63, 3.8) is 0 Å². The summed E-state index contributed by atoms with van der Waals surface area (Å²) in [6.45, 7) is 1.16. The molecule has 5 nitrogen and oxygen atoms in total. The summed E-state index contributed by atoms with van der Waals surface area (Å²) >= 11 is 0. The van der Waals surface area contributed by atoms with Gasteiger partial charge in [-0.3, -0.25) is 0 Å². The lowest BCUT2D eigenvalue weighted by Gasteiger charge is -2.27. The zero-order valence-electron chi connectivity index (χ0n) is 11.6. The number of amides is 2. The Hall–Kier alpha value is -2.56. The standard InChI is InChI=1S/C16H17N3O2/c20-16(19-10-8-13(18-21)9-11-19)17-15-7-3-5-12-4-1-2-6-14(12)15/h1-7,21H,8-11H2,(H,17,20). The van der Waals surface area contributed by atoms with Gasteiger partial charge in [-0.2, -0.15) is 0 Å². The molecule has 2 N–H and O–H groups in total. The van der Waals surface area contributed by atoms with Crippen molar-refractivity contribution in [1.82, 2.24) is 4.90 Å². The van der Waals surface area contributed by atoms with Gasteiger partial charge < -0.3 is 15.4 Å². The first-order valence-electron chi connectivity index (χ1n) is 7.01. The normalized spacial score (nSPS) is 15.0. The van der Waals surface area contributed by atoms with E-state index in [4.69, 9.17) is 5.21 Å². The van der Waals surface area contributed by atoms with Crippen LogP contribution in [0.15, 0.2) is 47.6 Å². The van der Waals surface area contributed by atoms with Crippen LogP contribution < -0.4 is 5.32 Å². The van der Waals surface area contributed by atoms with E-state index in [9.17, 15) is 4.79 Å². The second kappa shape index (κ2) is 5.83. The van der Waals surface area contributed by atoms with Crippen molar-refractivity contribution >= 4 is 28.2 Å². The Morgan fingerprint density at radius 2 is 1.81 bits per heavy atom. The van der Waals surface area contributed by atoms with E-state index < -0.39 is 0 Å². The van der Waals surface area contributed by atoms with Crippen LogP contribution in [-0.4, -0.2) is 34.9 Å². The Morgan fingerprint density at radius 3 is 2.57 bits per heavy atom. The van der Waals surface area contributed by atoms with Gasteiger partial charge in [0.05, 0.1) is 11.4 Å². The van der Waals surface area contributed by atoms with Crippen molar-refractivity contribution in [3.8, 4) is 0 Å². The van der Waals surface area contributed by atoms with Crippen molar-refractivity contribution in [3.05, 3.63) is 42.5 Å². The van der Waals surface area contributed by atoms with Gasteiger partial charge in [0.2, 0.25) is 0 Å². The molecule has 1 aliphatic rings. The maximum atomic E-state index is 12.3. The van der Waals surface area contributed by atoms with Crippen LogP contribution in [0.4, 0.5) is 10.5 Å². The number of likely N-dealkylation sites (tertiary alicyclic amines) is 1. The number of benzene rings is 2. The predicted octanol–water partition coefficient (Wildman–Crippen LogP) is 3.30. The molecule has 1 heterocycles. The number of hydrogen-bond donors (Lipinski definition) is 2. The first kappa shape index (κ1) is 13.4. The molecule has 2 aromatic rings. The average Bonchev–Trinajstić information content (AvgIpc) is 2.55. The molecule has 5 heteroatoms. The number of carbonyl (C=O) groups excluding carboxylic acids is 1. The summed E-state index contributed by atoms with van der Waals surface area (Å²) in [7, 11) is 0. The van der Waals surface area contributed by atoms with E-state index in [1.807, 2.05) is 42.5 Å². The zero-order chi connectivity index (χ0) is 14.7. The number of hydrogen-bond acceptors (Lipinski definition) is 3. The Balaban J connectivity index is 1.75. The second-order valence-corrected chi connectivity index (χ2v) is 5.11. The van der Waals surface area contributed by atoms with Crippen molar-refractivity contribution in [1.29, 1.82) is 0 Å². The topological polar surface area (TPSA) is 64.9 Å². The molecule has 0 bridgehead atoms. The van der Waals surface area contributed by atoms with Crippen LogP contribution >= 0.6 is 0 Å². The third-order valence-electron chi connectivity index (χ3n) is 3.80. The molecular formula is C16H17N3O2. The van der Waals surface area contributed by atoms with Gasteiger partial charge in [0, 0.05) is 31.3 Å². The van der Waals surface area contributed by atoms with Crippen LogP contribution in [0.1, 0.15) is 12.8 Å². The Kier molecular flexibility index (Phi) is 3.73. The van der Waals surface area contributed by atoms with E-state index in [0.717, 1.165) is 22.2 Å². The molecular weight excluding hydrogens is 266 g/mol. The molecule has 3 rings (SSSR count). The van der Waals surface area contributed by atoms with E-state index in [0.29, 0.717) is 25.9 Å². The summed E-state index contributed by atoms with van der Waals surface area (Å²) in [5.74, 6) is 0. The Labute approximate surface area is 122 Å². The van der Waals surface area contributed by atoms with Gasteiger partial charge in [-0.05, 0) is 11.5 Å². The average molecular weight is 283 g/mol. The minimum absolute atomic E-state index is 0.108. The molecule has 0 radical (unpaired) electrons. The van der Waals surface area contributed by atoms with Crippen LogP contribution in [0.3, 0.4) is 0 Å². The summed E-state index contributed by atoms with van der Waals surface area (Å²) in [5.41, 5.74) is 1.57. The van der Waals surface area contributed by atoms with Gasteiger partial charge in [0.15, 0.2) is 0 Å². The molecule has 21 heavy (non-hydrogen) atoms. The lowest BCUT2D eigenvalue weighted by molar-refractivity contribution is 0.210. The van der Waals surface area contributed by atoms with Gasteiger partial charge in [0.25, 0.3) is 0 Å². The molecule has 0 aromatic heterocycles. The summed E-state index contributed by atoms with van der Waals surface area (Å²) in [6.07, 6.45) is 1.25. The van der Waals surface area contributed by atoms with Crippen molar-refractivity contribution in [2.75, 3.05) is 18.4 Å². The first-order valence-corrected chi connectivity index (χ1v) is 7.01. The number of anilines is 1. The molecule has 1 fully saturated rings. The number of nitrogens with one attached hydrogen (secondary N) is 1. The molecule has 2 aromatic carbocycles. The van der Waals surface area contributed by atoms with Crippen LogP contribution in [0, 0.1) is 0 Å². The number of oxime groups is 1. The summed E-state index contributed by atoms with van der Waals surface area (Å²) in [6, 6.07) is 13.7. The van der Waals surface area contributed by atoms with E-state index >= 15 is 0 Å². The maximum absolute atomic E-state index is 12.3. The molecule has 108 valence electrons. The van der Waals surface area contributed by atoms with Gasteiger partial charge >= 0.3 is 6.03 Å². The highest BCUT2D eigenvalue weighted by Crippen LogP contribution is 2.23. The Bertz CT molecular complexity index is 681. The van der Waals surface area contributed by atoms with Gasteiger partial charge in [-0.1, -0.05) is 41.6 Å². The highest BCUT2D eigenvalue weighted by atomic mass is 16.4. The number of rotatable bonds is 1. The van der Waals surface area contributed by atoms with E-state index in [2.05, 4.69) is 10.5 Å². The second-order valence-electron chi connectivity index (χ2n) is 5.11.